The standard InChI is InChI=1S/C25H26FN7OSe.C2H6.C2H4.C2H2.CH5N/c1-15-9-12-23(34)33(15)17-10-11-19(26)21(13-17)30-25-28-14-18(16(2)27)24(31-25)29-20-7-5-6-8-22(20)32(3)35-4;4*1-2/h5-8,10-11,13-14H,1-2,9,12,27H2,3-4H3,(H2,28,29,30,31);1-2H3;1-2H2;1-2H;2H2,1H3. The number of terminal acetylenes is 1. The van der Waals surface area contributed by atoms with Crippen molar-refractivity contribution < 1.29 is 9.18 Å². The van der Waals surface area contributed by atoms with Crippen molar-refractivity contribution in [2.45, 2.75) is 32.5 Å². The number of carbonyl (C=O) groups excluding carboxylic acids is 1. The number of nitrogens with two attached hydrogens (primary N) is 2. The predicted molar refractivity (Wildman–Crippen MR) is 183 cm³/mol. The number of allylic oxidation sites excluding steroid dienone is 1. The minimum atomic E-state index is -0.506. The Bertz CT molecular complexity index is 1360. The molecular weight excluding hydrogens is 610 g/mol. The molecule has 2 heterocycles. The van der Waals surface area contributed by atoms with Gasteiger partial charge in [0.1, 0.15) is 0 Å². The molecule has 2 aromatic carbocycles. The van der Waals surface area contributed by atoms with Crippen LogP contribution in [-0.2, 0) is 4.79 Å². The van der Waals surface area contributed by atoms with Crippen LogP contribution in [-0.4, -0.2) is 45.1 Å². The van der Waals surface area contributed by atoms with Crippen LogP contribution in [0.3, 0.4) is 0 Å². The molecule has 1 saturated heterocycles. The molecule has 0 unspecified atom stereocenters. The molecule has 4 rings (SSSR count). The fraction of sp³-hybridized carbons (Fsp3) is 0.219. The van der Waals surface area contributed by atoms with Crippen LogP contribution >= 0.6 is 0 Å². The molecule has 1 aliphatic heterocycles. The minimum absolute atomic E-state index is 0.0711. The first-order valence-electron chi connectivity index (χ1n) is 13.2. The van der Waals surface area contributed by atoms with Gasteiger partial charge in [0.2, 0.25) is 5.91 Å². The van der Waals surface area contributed by atoms with Crippen LogP contribution < -0.4 is 30.9 Å². The van der Waals surface area contributed by atoms with Crippen LogP contribution in [0.4, 0.5) is 38.9 Å². The zero-order chi connectivity index (χ0) is 33.1. The van der Waals surface area contributed by atoms with Crippen molar-refractivity contribution in [1.82, 2.24) is 9.97 Å². The van der Waals surface area contributed by atoms with Gasteiger partial charge in [-0.3, -0.25) is 4.79 Å². The van der Waals surface area contributed by atoms with Gasteiger partial charge in [0.15, 0.2) is 0 Å². The van der Waals surface area contributed by atoms with E-state index in [1.807, 2.05) is 45.2 Å². The van der Waals surface area contributed by atoms with Crippen LogP contribution in [0.1, 0.15) is 32.3 Å². The summed E-state index contributed by atoms with van der Waals surface area (Å²) in [4.78, 5) is 22.6. The summed E-state index contributed by atoms with van der Waals surface area (Å²) >= 11 is 0.251. The first-order valence-corrected chi connectivity index (χ1v) is 15.7. The van der Waals surface area contributed by atoms with Crippen molar-refractivity contribution in [2.24, 2.45) is 11.5 Å². The van der Waals surface area contributed by atoms with Gasteiger partial charge in [-0.15, -0.1) is 26.0 Å². The number of halogens is 1. The second-order valence-electron chi connectivity index (χ2n) is 7.89. The minimum Gasteiger partial charge on any atom is -0.333 e. The Morgan fingerprint density at radius 3 is 2.28 bits per heavy atom. The fourth-order valence-electron chi connectivity index (χ4n) is 3.70. The molecule has 0 bridgehead atoms. The second-order valence-corrected chi connectivity index (χ2v) is 9.80. The van der Waals surface area contributed by atoms with E-state index in [-0.39, 0.29) is 32.7 Å². The summed E-state index contributed by atoms with van der Waals surface area (Å²) in [7, 11) is 3.52. The average Bonchev–Trinajstić information content (AvgIpc) is 3.39. The summed E-state index contributed by atoms with van der Waals surface area (Å²) in [5.41, 5.74) is 14.5. The van der Waals surface area contributed by atoms with Crippen LogP contribution in [0.5, 0.6) is 0 Å². The maximum Gasteiger partial charge on any atom is -0.0195 e. The molecule has 43 heavy (non-hydrogen) atoms. The van der Waals surface area contributed by atoms with Gasteiger partial charge in [0, 0.05) is 12.1 Å². The molecule has 1 fully saturated rings. The van der Waals surface area contributed by atoms with Crippen molar-refractivity contribution in [3.05, 3.63) is 92.1 Å². The molecule has 230 valence electrons. The molecule has 1 aliphatic rings. The zero-order valence-electron chi connectivity index (χ0n) is 25.7. The molecular formula is C32H43FN8OSe. The number of hydrogen-bond acceptors (Lipinski definition) is 8. The van der Waals surface area contributed by atoms with Crippen molar-refractivity contribution >= 4 is 61.3 Å². The van der Waals surface area contributed by atoms with Gasteiger partial charge >= 0.3 is 174 Å². The molecule has 0 atom stereocenters. The second kappa shape index (κ2) is 20.3. The summed E-state index contributed by atoms with van der Waals surface area (Å²) in [6.45, 7) is 17.8. The smallest absolute Gasteiger partial charge is 0.0195 e. The molecule has 3 aromatic rings. The number of hydrogen-bond donors (Lipinski definition) is 4. The zero-order valence-corrected chi connectivity index (χ0v) is 27.4. The number of nitrogens with zero attached hydrogens (tertiary/aromatic N) is 4. The molecule has 6 N–H and O–H groups in total. The number of anilines is 6. The van der Waals surface area contributed by atoms with Crippen LogP contribution in [0, 0.1) is 18.7 Å². The largest absolute Gasteiger partial charge is 0.333 e. The summed E-state index contributed by atoms with van der Waals surface area (Å²) < 4.78 is 16.8. The molecule has 11 heteroatoms. The number of para-hydroxylation sites is 2. The van der Waals surface area contributed by atoms with Gasteiger partial charge in [-0.1, -0.05) is 20.4 Å². The SMILES string of the molecule is C#C.C=C.C=C(N)c1cnc(Nc2cc(N3C(=C)CCC3=O)ccc2F)nc1Nc1ccccc1N(C)[Se]C.CC.CN. The average molecular weight is 654 g/mol. The monoisotopic (exact) mass is 654 g/mol. The molecule has 1 aromatic heterocycles. The van der Waals surface area contributed by atoms with Crippen molar-refractivity contribution in [2.75, 3.05) is 33.5 Å². The number of rotatable bonds is 8. The summed E-state index contributed by atoms with van der Waals surface area (Å²) in [6.07, 6.45) is 10.5. The topological polar surface area (TPSA) is 125 Å². The van der Waals surface area contributed by atoms with E-state index in [0.29, 0.717) is 41.3 Å². The Kier molecular flexibility index (Phi) is 18.1. The third kappa shape index (κ3) is 10.3. The van der Waals surface area contributed by atoms with Gasteiger partial charge < -0.3 is 5.73 Å². The molecule has 0 spiro atoms. The third-order valence-electron chi connectivity index (χ3n) is 5.55. The van der Waals surface area contributed by atoms with Gasteiger partial charge in [-0.05, 0) is 13.5 Å². The van der Waals surface area contributed by atoms with E-state index in [2.05, 4.69) is 75.2 Å². The first-order chi connectivity index (χ1) is 20.8. The Hall–Kier alpha value is -4.62. The number of amides is 1. The van der Waals surface area contributed by atoms with Gasteiger partial charge in [0.05, 0.1) is 0 Å². The summed E-state index contributed by atoms with van der Waals surface area (Å²) in [5, 5.41) is 6.25. The number of aromatic nitrogens is 2. The number of carbonyl (C=O) groups is 1. The first kappa shape index (κ1) is 38.4. The number of nitrogens with one attached hydrogen (secondary N) is 2. The van der Waals surface area contributed by atoms with Crippen LogP contribution in [0.25, 0.3) is 5.70 Å². The molecule has 9 nitrogen and oxygen atoms in total. The normalized spacial score (nSPS) is 11.1. The third-order valence-corrected chi connectivity index (χ3v) is 7.11. The van der Waals surface area contributed by atoms with Crippen molar-refractivity contribution in [1.29, 1.82) is 0 Å². The maximum atomic E-state index is 14.7. The van der Waals surface area contributed by atoms with Gasteiger partial charge in [-0.2, -0.15) is 0 Å². The Labute approximate surface area is 262 Å². The van der Waals surface area contributed by atoms with Crippen molar-refractivity contribution in [3.63, 3.8) is 0 Å². The molecule has 0 radical (unpaired) electrons. The number of benzene rings is 2. The van der Waals surface area contributed by atoms with E-state index >= 15 is 0 Å². The predicted octanol–water partition coefficient (Wildman–Crippen LogP) is 6.43. The summed E-state index contributed by atoms with van der Waals surface area (Å²) in [5.74, 6) is 2.13. The molecule has 0 aliphatic carbocycles. The fourth-order valence-corrected chi connectivity index (χ4v) is 4.45. The van der Waals surface area contributed by atoms with E-state index < -0.39 is 5.82 Å². The molecule has 1 amide bonds. The van der Waals surface area contributed by atoms with E-state index in [1.165, 1.54) is 24.2 Å². The maximum absolute atomic E-state index is 14.7. The summed E-state index contributed by atoms with van der Waals surface area (Å²) in [6, 6.07) is 12.2. The van der Waals surface area contributed by atoms with Gasteiger partial charge in [0.25, 0.3) is 0 Å². The molecule has 0 saturated carbocycles. The Morgan fingerprint density at radius 1 is 1.09 bits per heavy atom. The van der Waals surface area contributed by atoms with E-state index in [1.54, 1.807) is 12.1 Å². The Morgan fingerprint density at radius 2 is 1.72 bits per heavy atom. The van der Waals surface area contributed by atoms with E-state index in [9.17, 15) is 9.18 Å². The van der Waals surface area contributed by atoms with Gasteiger partial charge in [-0.25, -0.2) is 0 Å². The van der Waals surface area contributed by atoms with Crippen molar-refractivity contribution in [3.8, 4) is 12.8 Å². The quantitative estimate of drug-likeness (QED) is 0.125. The van der Waals surface area contributed by atoms with Crippen LogP contribution in [0.2, 0.25) is 5.82 Å². The van der Waals surface area contributed by atoms with Crippen LogP contribution in [0.15, 0.2) is 80.7 Å². The van der Waals surface area contributed by atoms with E-state index in [0.717, 1.165) is 11.4 Å². The van der Waals surface area contributed by atoms with E-state index in [4.69, 9.17) is 5.73 Å². The Balaban J connectivity index is 0.00000204.